The van der Waals surface area contributed by atoms with Gasteiger partial charge in [-0.25, -0.2) is 4.79 Å². The normalized spacial score (nSPS) is 17.4. The van der Waals surface area contributed by atoms with Crippen LogP contribution in [0.4, 0.5) is 0 Å². The van der Waals surface area contributed by atoms with Crippen molar-refractivity contribution in [3.05, 3.63) is 17.5 Å². The van der Waals surface area contributed by atoms with Gasteiger partial charge in [0.25, 0.3) is 5.91 Å². The van der Waals surface area contributed by atoms with E-state index in [2.05, 4.69) is 15.5 Å². The third kappa shape index (κ3) is 4.06. The van der Waals surface area contributed by atoms with Crippen molar-refractivity contribution in [1.29, 1.82) is 0 Å². The first-order chi connectivity index (χ1) is 10.1. The number of H-pyrrole nitrogens is 1. The topological polar surface area (TPSA) is 95.1 Å². The molecule has 1 atom stereocenters. The molecule has 0 aromatic carbocycles. The van der Waals surface area contributed by atoms with Crippen LogP contribution in [-0.4, -0.2) is 33.2 Å². The number of carboxylic acid groups (broad SMARTS) is 1. The summed E-state index contributed by atoms with van der Waals surface area (Å²) < 4.78 is 0. The van der Waals surface area contributed by atoms with Gasteiger partial charge in [-0.1, -0.05) is 32.6 Å². The molecule has 1 aromatic heterocycles. The number of carbonyl (C=O) groups excluding carboxylic acids is 1. The van der Waals surface area contributed by atoms with Gasteiger partial charge in [0.1, 0.15) is 11.7 Å². The molecule has 0 radical (unpaired) electrons. The van der Waals surface area contributed by atoms with Gasteiger partial charge in [-0.3, -0.25) is 9.89 Å². The van der Waals surface area contributed by atoms with Crippen LogP contribution in [0.25, 0.3) is 0 Å². The first-order valence-corrected chi connectivity index (χ1v) is 7.69. The number of carboxylic acids is 1. The van der Waals surface area contributed by atoms with E-state index >= 15 is 0 Å². The predicted molar refractivity (Wildman–Crippen MR) is 78.0 cm³/mol. The third-order valence-electron chi connectivity index (χ3n) is 4.06. The SMILES string of the molecule is CCCc1cc(C(=O)N[C@H](C(=O)O)C2CCCCC2)n[nH]1. The van der Waals surface area contributed by atoms with Gasteiger partial charge in [-0.2, -0.15) is 5.10 Å². The van der Waals surface area contributed by atoms with Crippen molar-refractivity contribution in [3.63, 3.8) is 0 Å². The number of aromatic amines is 1. The van der Waals surface area contributed by atoms with Crippen LogP contribution in [0.1, 0.15) is 61.6 Å². The monoisotopic (exact) mass is 293 g/mol. The molecule has 1 aliphatic carbocycles. The summed E-state index contributed by atoms with van der Waals surface area (Å²) in [7, 11) is 0. The molecule has 0 saturated heterocycles. The van der Waals surface area contributed by atoms with Gasteiger partial charge in [0.2, 0.25) is 0 Å². The van der Waals surface area contributed by atoms with Gasteiger partial charge in [-0.15, -0.1) is 0 Å². The van der Waals surface area contributed by atoms with Crippen molar-refractivity contribution in [2.24, 2.45) is 5.92 Å². The summed E-state index contributed by atoms with van der Waals surface area (Å²) in [6.07, 6.45) is 6.73. The van der Waals surface area contributed by atoms with Crippen molar-refractivity contribution in [2.75, 3.05) is 0 Å². The van der Waals surface area contributed by atoms with Crippen LogP contribution in [0, 0.1) is 5.92 Å². The second-order valence-corrected chi connectivity index (χ2v) is 5.72. The fraction of sp³-hybridized carbons (Fsp3) is 0.667. The Bertz CT molecular complexity index is 492. The number of aliphatic carboxylic acids is 1. The molecule has 0 spiro atoms. The van der Waals surface area contributed by atoms with Crippen molar-refractivity contribution in [3.8, 4) is 0 Å². The number of rotatable bonds is 6. The van der Waals surface area contributed by atoms with Crippen LogP contribution in [0.5, 0.6) is 0 Å². The zero-order chi connectivity index (χ0) is 15.2. The van der Waals surface area contributed by atoms with Crippen LogP contribution in [0.3, 0.4) is 0 Å². The molecule has 3 N–H and O–H groups in total. The quantitative estimate of drug-likeness (QED) is 0.748. The van der Waals surface area contributed by atoms with Gasteiger partial charge in [0, 0.05) is 5.69 Å². The maximum absolute atomic E-state index is 12.2. The molecule has 0 unspecified atom stereocenters. The fourth-order valence-corrected chi connectivity index (χ4v) is 2.94. The van der Waals surface area contributed by atoms with Gasteiger partial charge in [0.15, 0.2) is 0 Å². The minimum Gasteiger partial charge on any atom is -0.480 e. The summed E-state index contributed by atoms with van der Waals surface area (Å²) in [4.78, 5) is 23.6. The van der Waals surface area contributed by atoms with E-state index in [1.807, 2.05) is 6.92 Å². The number of aryl methyl sites for hydroxylation is 1. The second kappa shape index (κ2) is 7.24. The zero-order valence-corrected chi connectivity index (χ0v) is 12.4. The number of amides is 1. The second-order valence-electron chi connectivity index (χ2n) is 5.72. The highest BCUT2D eigenvalue weighted by atomic mass is 16.4. The fourth-order valence-electron chi connectivity index (χ4n) is 2.94. The van der Waals surface area contributed by atoms with Crippen LogP contribution >= 0.6 is 0 Å². The zero-order valence-electron chi connectivity index (χ0n) is 12.4. The van der Waals surface area contributed by atoms with Gasteiger partial charge in [0.05, 0.1) is 0 Å². The maximum atomic E-state index is 12.2. The number of nitrogens with one attached hydrogen (secondary N) is 2. The Balaban J connectivity index is 2.01. The highest BCUT2D eigenvalue weighted by Crippen LogP contribution is 2.26. The first-order valence-electron chi connectivity index (χ1n) is 7.69. The number of carbonyl (C=O) groups is 2. The minimum absolute atomic E-state index is 0.0225. The van der Waals surface area contributed by atoms with E-state index in [9.17, 15) is 14.7 Å². The molecule has 6 heteroatoms. The standard InChI is InChI=1S/C15H23N3O3/c1-2-6-11-9-12(18-17-11)14(19)16-13(15(20)21)10-7-4-3-5-8-10/h9-10,13H,2-8H2,1H3,(H,16,19)(H,17,18)(H,20,21)/t13-/m0/s1. The van der Waals surface area contributed by atoms with Crippen molar-refractivity contribution < 1.29 is 14.7 Å². The largest absolute Gasteiger partial charge is 0.480 e. The average molecular weight is 293 g/mol. The van der Waals surface area contributed by atoms with Crippen LogP contribution in [-0.2, 0) is 11.2 Å². The summed E-state index contributed by atoms with van der Waals surface area (Å²) in [6, 6.07) is 0.877. The Hall–Kier alpha value is -1.85. The molecule has 6 nitrogen and oxygen atoms in total. The highest BCUT2D eigenvalue weighted by Gasteiger charge is 2.31. The molecular formula is C15H23N3O3. The van der Waals surface area contributed by atoms with E-state index in [0.717, 1.165) is 50.6 Å². The average Bonchev–Trinajstić information content (AvgIpc) is 2.94. The van der Waals surface area contributed by atoms with Gasteiger partial charge in [-0.05, 0) is 31.2 Å². The van der Waals surface area contributed by atoms with E-state index in [0.29, 0.717) is 0 Å². The molecule has 0 aliphatic heterocycles. The molecule has 1 aromatic rings. The Morgan fingerprint density at radius 2 is 2.14 bits per heavy atom. The summed E-state index contributed by atoms with van der Waals surface area (Å²) in [5.74, 6) is -1.35. The molecule has 1 aliphatic rings. The summed E-state index contributed by atoms with van der Waals surface area (Å²) >= 11 is 0. The molecule has 1 fully saturated rings. The number of hydrogen-bond acceptors (Lipinski definition) is 3. The number of nitrogens with zero attached hydrogens (tertiary/aromatic N) is 1. The summed E-state index contributed by atoms with van der Waals surface area (Å²) in [5, 5.41) is 18.8. The van der Waals surface area contributed by atoms with Crippen molar-refractivity contribution >= 4 is 11.9 Å². The molecule has 1 saturated carbocycles. The van der Waals surface area contributed by atoms with Gasteiger partial charge < -0.3 is 10.4 Å². The van der Waals surface area contributed by atoms with E-state index < -0.39 is 17.9 Å². The van der Waals surface area contributed by atoms with Crippen LogP contribution in [0.15, 0.2) is 6.07 Å². The molecule has 2 rings (SSSR count). The number of aromatic nitrogens is 2. The Kier molecular flexibility index (Phi) is 5.36. The number of hydrogen-bond donors (Lipinski definition) is 3. The highest BCUT2D eigenvalue weighted by molar-refractivity contribution is 5.95. The molecule has 116 valence electrons. The van der Waals surface area contributed by atoms with Crippen LogP contribution < -0.4 is 5.32 Å². The lowest BCUT2D eigenvalue weighted by Gasteiger charge is -2.27. The predicted octanol–water partition coefficient (Wildman–Crippen LogP) is 2.13. The Labute approximate surface area is 124 Å². The Morgan fingerprint density at radius 3 is 2.76 bits per heavy atom. The van der Waals surface area contributed by atoms with E-state index in [-0.39, 0.29) is 11.6 Å². The Morgan fingerprint density at radius 1 is 1.43 bits per heavy atom. The smallest absolute Gasteiger partial charge is 0.326 e. The molecular weight excluding hydrogens is 270 g/mol. The van der Waals surface area contributed by atoms with E-state index in [1.54, 1.807) is 6.07 Å². The minimum atomic E-state index is -0.959. The van der Waals surface area contributed by atoms with Crippen molar-refractivity contribution in [1.82, 2.24) is 15.5 Å². The van der Waals surface area contributed by atoms with Crippen LogP contribution in [0.2, 0.25) is 0 Å². The summed E-state index contributed by atoms with van der Waals surface area (Å²) in [6.45, 7) is 2.05. The molecule has 1 heterocycles. The lowest BCUT2D eigenvalue weighted by Crippen LogP contribution is -2.46. The third-order valence-corrected chi connectivity index (χ3v) is 4.06. The maximum Gasteiger partial charge on any atom is 0.326 e. The van der Waals surface area contributed by atoms with Crippen molar-refractivity contribution in [2.45, 2.75) is 57.9 Å². The summed E-state index contributed by atoms with van der Waals surface area (Å²) in [5.41, 5.74) is 1.16. The molecule has 0 bridgehead atoms. The van der Waals surface area contributed by atoms with E-state index in [1.165, 1.54) is 0 Å². The first kappa shape index (κ1) is 15.5. The van der Waals surface area contributed by atoms with Gasteiger partial charge >= 0.3 is 5.97 Å². The van der Waals surface area contributed by atoms with E-state index in [4.69, 9.17) is 0 Å². The molecule has 21 heavy (non-hydrogen) atoms. The lowest BCUT2D eigenvalue weighted by molar-refractivity contribution is -0.141. The molecule has 1 amide bonds. The lowest BCUT2D eigenvalue weighted by atomic mass is 9.84.